The standard InChI is InChI=1S/C21H18ClF3N4O4S/c1-11-15(19(30)28-34(32,33)14-10-6-5-9-13(14)22)20(31)29-18(26-11)16(12-7-3-2-4-8-12)17(27-29)21(23,24)25/h2-10,16-18,26-27H,1H3,(H,28,30). The zero-order chi connectivity index (χ0) is 24.8. The fourth-order valence-electron chi connectivity index (χ4n) is 4.05. The Morgan fingerprint density at radius 3 is 2.32 bits per heavy atom. The number of hydrazine groups is 1. The molecule has 0 aromatic heterocycles. The molecule has 0 spiro atoms. The average Bonchev–Trinajstić information content (AvgIpc) is 3.14. The minimum Gasteiger partial charge on any atom is -0.366 e. The molecule has 180 valence electrons. The molecule has 3 N–H and O–H groups in total. The molecule has 2 amide bonds. The third-order valence-corrected chi connectivity index (χ3v) is 7.38. The summed E-state index contributed by atoms with van der Waals surface area (Å²) in [6, 6.07) is 11.1. The molecule has 2 heterocycles. The van der Waals surface area contributed by atoms with E-state index >= 15 is 0 Å². The molecule has 2 aliphatic rings. The van der Waals surface area contributed by atoms with Gasteiger partial charge >= 0.3 is 6.18 Å². The molecule has 4 rings (SSSR count). The fraction of sp³-hybridized carbons (Fsp3) is 0.238. The molecule has 8 nitrogen and oxygen atoms in total. The van der Waals surface area contributed by atoms with Crippen LogP contribution in [0.15, 0.2) is 70.8 Å². The maximum atomic E-state index is 13.9. The topological polar surface area (TPSA) is 108 Å². The highest BCUT2D eigenvalue weighted by molar-refractivity contribution is 7.90. The molecule has 1 fully saturated rings. The molecule has 34 heavy (non-hydrogen) atoms. The molecule has 0 aliphatic carbocycles. The summed E-state index contributed by atoms with van der Waals surface area (Å²) in [4.78, 5) is 25.5. The summed E-state index contributed by atoms with van der Waals surface area (Å²) in [6.07, 6.45) is -5.89. The number of hydrogen-bond acceptors (Lipinski definition) is 6. The van der Waals surface area contributed by atoms with Crippen LogP contribution in [0, 0.1) is 0 Å². The predicted octanol–water partition coefficient (Wildman–Crippen LogP) is 2.41. The van der Waals surface area contributed by atoms with Crippen LogP contribution in [-0.2, 0) is 19.6 Å². The van der Waals surface area contributed by atoms with Crippen LogP contribution in [0.4, 0.5) is 13.2 Å². The number of alkyl halides is 3. The monoisotopic (exact) mass is 514 g/mol. The van der Waals surface area contributed by atoms with Crippen LogP contribution in [0.5, 0.6) is 0 Å². The van der Waals surface area contributed by atoms with Crippen molar-refractivity contribution in [1.82, 2.24) is 20.5 Å². The van der Waals surface area contributed by atoms with Crippen LogP contribution in [0.2, 0.25) is 5.02 Å². The Bertz CT molecular complexity index is 1280. The molecule has 2 aromatic rings. The van der Waals surface area contributed by atoms with E-state index in [9.17, 15) is 31.2 Å². The number of halogens is 4. The van der Waals surface area contributed by atoms with Gasteiger partial charge in [-0.1, -0.05) is 54.1 Å². The lowest BCUT2D eigenvalue weighted by atomic mass is 9.89. The number of carbonyl (C=O) groups is 2. The number of sulfonamides is 1. The van der Waals surface area contributed by atoms with Crippen molar-refractivity contribution in [2.75, 3.05) is 0 Å². The Morgan fingerprint density at radius 2 is 1.71 bits per heavy atom. The number of benzene rings is 2. The van der Waals surface area contributed by atoms with Crippen LogP contribution in [0.1, 0.15) is 18.4 Å². The van der Waals surface area contributed by atoms with Crippen LogP contribution < -0.4 is 15.5 Å². The maximum Gasteiger partial charge on any atom is 0.406 e. The number of fused-ring (bicyclic) bond motifs is 1. The highest BCUT2D eigenvalue weighted by Gasteiger charge is 2.58. The lowest BCUT2D eigenvalue weighted by Gasteiger charge is -2.34. The predicted molar refractivity (Wildman–Crippen MR) is 115 cm³/mol. The Kier molecular flexibility index (Phi) is 6.08. The SMILES string of the molecule is CC1=C(C(=O)NS(=O)(=O)c2ccccc2Cl)C(=O)N2NC(C(F)(F)F)C(c3ccccc3)C2N1. The minimum absolute atomic E-state index is 0.0661. The third-order valence-electron chi connectivity index (χ3n) is 5.55. The smallest absolute Gasteiger partial charge is 0.366 e. The molecule has 2 aliphatic heterocycles. The summed E-state index contributed by atoms with van der Waals surface area (Å²) >= 11 is 5.89. The van der Waals surface area contributed by atoms with Crippen molar-refractivity contribution in [2.45, 2.75) is 36.1 Å². The third kappa shape index (κ3) is 4.24. The Balaban J connectivity index is 1.67. The lowest BCUT2D eigenvalue weighted by molar-refractivity contribution is -0.161. The summed E-state index contributed by atoms with van der Waals surface area (Å²) in [6.45, 7) is 1.31. The van der Waals surface area contributed by atoms with E-state index < -0.39 is 56.6 Å². The van der Waals surface area contributed by atoms with Crippen LogP contribution in [0.25, 0.3) is 0 Å². The number of allylic oxidation sites excluding steroid dienone is 1. The first-order valence-corrected chi connectivity index (χ1v) is 11.8. The van der Waals surface area contributed by atoms with Gasteiger partial charge in [0, 0.05) is 5.70 Å². The largest absolute Gasteiger partial charge is 0.406 e. The van der Waals surface area contributed by atoms with Crippen molar-refractivity contribution in [3.05, 3.63) is 76.5 Å². The van der Waals surface area contributed by atoms with Crippen molar-refractivity contribution in [1.29, 1.82) is 0 Å². The van der Waals surface area contributed by atoms with Crippen molar-refractivity contribution in [2.24, 2.45) is 0 Å². The van der Waals surface area contributed by atoms with Gasteiger partial charge in [-0.3, -0.25) is 9.59 Å². The second-order valence-electron chi connectivity index (χ2n) is 7.71. The molecule has 0 radical (unpaired) electrons. The fourth-order valence-corrected chi connectivity index (χ4v) is 5.53. The molecule has 3 atom stereocenters. The highest BCUT2D eigenvalue weighted by atomic mass is 35.5. The first-order chi connectivity index (χ1) is 15.9. The van der Waals surface area contributed by atoms with E-state index in [0.29, 0.717) is 10.6 Å². The molecule has 13 heteroatoms. The van der Waals surface area contributed by atoms with Crippen molar-refractivity contribution >= 4 is 33.4 Å². The minimum atomic E-state index is -4.72. The van der Waals surface area contributed by atoms with Gasteiger partial charge in [0.25, 0.3) is 21.8 Å². The van der Waals surface area contributed by atoms with Gasteiger partial charge in [-0.25, -0.2) is 23.6 Å². The quantitative estimate of drug-likeness (QED) is 0.541. The second kappa shape index (κ2) is 8.60. The summed E-state index contributed by atoms with van der Waals surface area (Å²) in [5, 5.41) is 3.30. The Hall–Kier alpha value is -3.09. The zero-order valence-corrected chi connectivity index (χ0v) is 19.0. The van der Waals surface area contributed by atoms with Gasteiger partial charge in [-0.15, -0.1) is 0 Å². The van der Waals surface area contributed by atoms with Crippen molar-refractivity contribution < 1.29 is 31.2 Å². The molecular weight excluding hydrogens is 497 g/mol. The highest BCUT2D eigenvalue weighted by Crippen LogP contribution is 2.41. The number of amides is 2. The first-order valence-electron chi connectivity index (χ1n) is 9.92. The van der Waals surface area contributed by atoms with Crippen molar-refractivity contribution in [3.63, 3.8) is 0 Å². The van der Waals surface area contributed by atoms with Gasteiger partial charge in [0.1, 0.15) is 22.7 Å². The van der Waals surface area contributed by atoms with Crippen LogP contribution >= 0.6 is 11.6 Å². The summed E-state index contributed by atoms with van der Waals surface area (Å²) in [7, 11) is -4.46. The van der Waals surface area contributed by atoms with Crippen LogP contribution in [-0.4, -0.2) is 43.6 Å². The zero-order valence-electron chi connectivity index (χ0n) is 17.4. The van der Waals surface area contributed by atoms with Gasteiger partial charge in [0.15, 0.2) is 0 Å². The number of nitrogens with zero attached hydrogens (tertiary/aromatic N) is 1. The Labute approximate surface area is 197 Å². The van der Waals surface area contributed by atoms with E-state index in [4.69, 9.17) is 11.6 Å². The molecule has 1 saturated heterocycles. The molecule has 0 bridgehead atoms. The van der Waals surface area contributed by atoms with Gasteiger partial charge in [-0.05, 0) is 24.6 Å². The number of hydrogen-bond donors (Lipinski definition) is 3. The Morgan fingerprint density at radius 1 is 1.09 bits per heavy atom. The van der Waals surface area contributed by atoms with Gasteiger partial charge in [-0.2, -0.15) is 13.2 Å². The molecule has 0 saturated carbocycles. The van der Waals surface area contributed by atoms with E-state index in [0.717, 1.165) is 6.07 Å². The summed E-state index contributed by atoms with van der Waals surface area (Å²) < 4.78 is 68.6. The molecule has 2 aromatic carbocycles. The maximum absolute atomic E-state index is 13.9. The average molecular weight is 515 g/mol. The van der Waals surface area contributed by atoms with E-state index in [2.05, 4.69) is 10.7 Å². The van der Waals surface area contributed by atoms with Gasteiger partial charge in [0.05, 0.1) is 10.9 Å². The molecule has 3 unspecified atom stereocenters. The second-order valence-corrected chi connectivity index (χ2v) is 9.77. The summed E-state index contributed by atoms with van der Waals surface area (Å²) in [5.41, 5.74) is 1.77. The van der Waals surface area contributed by atoms with E-state index in [-0.39, 0.29) is 10.7 Å². The van der Waals surface area contributed by atoms with Gasteiger partial charge in [0.2, 0.25) is 0 Å². The van der Waals surface area contributed by atoms with E-state index in [1.165, 1.54) is 37.3 Å². The lowest BCUT2D eigenvalue weighted by Crippen LogP contribution is -2.57. The first kappa shape index (κ1) is 24.0. The molecular formula is C21H18ClF3N4O4S. The number of nitrogens with one attached hydrogen (secondary N) is 3. The van der Waals surface area contributed by atoms with Gasteiger partial charge < -0.3 is 5.32 Å². The van der Waals surface area contributed by atoms with E-state index in [1.807, 2.05) is 0 Å². The van der Waals surface area contributed by atoms with Crippen molar-refractivity contribution in [3.8, 4) is 0 Å². The van der Waals surface area contributed by atoms with E-state index in [1.54, 1.807) is 22.9 Å². The van der Waals surface area contributed by atoms with Crippen LogP contribution in [0.3, 0.4) is 0 Å². The normalized spacial score (nSPS) is 22.9. The summed E-state index contributed by atoms with van der Waals surface area (Å²) in [5.74, 6) is -3.63. The number of carbonyl (C=O) groups excluding carboxylic acids is 2. The number of rotatable bonds is 4.